The van der Waals surface area contributed by atoms with Crippen LogP contribution in [0.15, 0.2) is 30.3 Å². The van der Waals surface area contributed by atoms with Crippen molar-refractivity contribution in [3.8, 4) is 0 Å². The van der Waals surface area contributed by atoms with Crippen LogP contribution < -0.4 is 0 Å². The summed E-state index contributed by atoms with van der Waals surface area (Å²) in [4.78, 5) is 12.2. The normalized spacial score (nSPS) is 19.1. The van der Waals surface area contributed by atoms with Gasteiger partial charge in [-0.3, -0.25) is 4.79 Å². The zero-order valence-corrected chi connectivity index (χ0v) is 14.6. The average Bonchev–Trinajstić information content (AvgIpc) is 2.55. The second kappa shape index (κ2) is 10.9. The largest absolute Gasteiger partial charge is 0.293 e. The molecular weight excluding hydrogens is 288 g/mol. The average molecular weight is 319 g/mol. The predicted octanol–water partition coefficient (Wildman–Crippen LogP) is 6.28. The molecule has 1 aliphatic carbocycles. The molecule has 0 aliphatic heterocycles. The van der Waals surface area contributed by atoms with Crippen molar-refractivity contribution in [1.82, 2.24) is 0 Å². The van der Waals surface area contributed by atoms with Gasteiger partial charge in [0.15, 0.2) is 5.78 Å². The van der Waals surface area contributed by atoms with E-state index in [1.165, 1.54) is 70.6 Å². The Morgan fingerprint density at radius 3 is 1.86 bits per heavy atom. The van der Waals surface area contributed by atoms with Crippen molar-refractivity contribution in [2.24, 2.45) is 0 Å². The van der Waals surface area contributed by atoms with Crippen LogP contribution >= 0.6 is 11.8 Å². The third-order valence-corrected chi connectivity index (χ3v) is 5.97. The molecule has 0 amide bonds. The van der Waals surface area contributed by atoms with Crippen molar-refractivity contribution >= 4 is 17.5 Å². The number of hydrogen-bond acceptors (Lipinski definition) is 2. The Labute approximate surface area is 140 Å². The van der Waals surface area contributed by atoms with Crippen LogP contribution in [-0.2, 0) is 0 Å². The van der Waals surface area contributed by atoms with Crippen LogP contribution in [0.1, 0.15) is 81.0 Å². The fourth-order valence-corrected chi connectivity index (χ4v) is 4.41. The van der Waals surface area contributed by atoms with Crippen LogP contribution in [0.5, 0.6) is 0 Å². The van der Waals surface area contributed by atoms with Gasteiger partial charge in [-0.2, -0.15) is 11.8 Å². The summed E-state index contributed by atoms with van der Waals surface area (Å²) in [7, 11) is 0. The molecular formula is C20H30OS. The van der Waals surface area contributed by atoms with Gasteiger partial charge in [0.2, 0.25) is 0 Å². The Morgan fingerprint density at radius 1 is 0.818 bits per heavy atom. The number of ketones is 1. The highest BCUT2D eigenvalue weighted by atomic mass is 32.2. The summed E-state index contributed by atoms with van der Waals surface area (Å²) < 4.78 is 0. The maximum atomic E-state index is 12.2. The number of rotatable bonds is 4. The molecule has 0 aromatic heterocycles. The predicted molar refractivity (Wildman–Crippen MR) is 97.8 cm³/mol. The maximum Gasteiger partial charge on any atom is 0.172 e. The zero-order chi connectivity index (χ0) is 15.5. The molecule has 1 saturated carbocycles. The van der Waals surface area contributed by atoms with E-state index in [0.717, 1.165) is 5.56 Å². The Balaban J connectivity index is 1.76. The topological polar surface area (TPSA) is 17.1 Å². The van der Waals surface area contributed by atoms with Gasteiger partial charge in [-0.05, 0) is 12.8 Å². The minimum absolute atomic E-state index is 0.289. The van der Waals surface area contributed by atoms with Crippen molar-refractivity contribution in [1.29, 1.82) is 0 Å². The highest BCUT2D eigenvalue weighted by Gasteiger charge is 2.13. The van der Waals surface area contributed by atoms with Crippen LogP contribution in [0.4, 0.5) is 0 Å². The highest BCUT2D eigenvalue weighted by molar-refractivity contribution is 8.00. The Kier molecular flexibility index (Phi) is 8.70. The second-order valence-electron chi connectivity index (χ2n) is 6.48. The lowest BCUT2D eigenvalue weighted by molar-refractivity contribution is 0.102. The molecule has 122 valence electrons. The first-order valence-corrected chi connectivity index (χ1v) is 10.1. The fourth-order valence-electron chi connectivity index (χ4n) is 3.19. The first kappa shape index (κ1) is 17.6. The van der Waals surface area contributed by atoms with E-state index in [1.807, 2.05) is 42.1 Å². The van der Waals surface area contributed by atoms with Gasteiger partial charge in [-0.25, -0.2) is 0 Å². The zero-order valence-electron chi connectivity index (χ0n) is 13.8. The fraction of sp³-hybridized carbons (Fsp3) is 0.650. The van der Waals surface area contributed by atoms with Gasteiger partial charge in [-0.1, -0.05) is 88.1 Å². The van der Waals surface area contributed by atoms with Crippen molar-refractivity contribution in [2.45, 2.75) is 75.9 Å². The summed E-state index contributed by atoms with van der Waals surface area (Å²) in [6.07, 6.45) is 15.1. The summed E-state index contributed by atoms with van der Waals surface area (Å²) in [6, 6.07) is 9.74. The molecule has 0 radical (unpaired) electrons. The van der Waals surface area contributed by atoms with E-state index in [2.05, 4.69) is 0 Å². The minimum Gasteiger partial charge on any atom is -0.293 e. The molecule has 0 bridgehead atoms. The molecule has 0 heterocycles. The smallest absolute Gasteiger partial charge is 0.172 e. The monoisotopic (exact) mass is 318 g/mol. The van der Waals surface area contributed by atoms with Gasteiger partial charge in [0, 0.05) is 10.8 Å². The van der Waals surface area contributed by atoms with E-state index in [1.54, 1.807) is 0 Å². The summed E-state index contributed by atoms with van der Waals surface area (Å²) in [5.41, 5.74) is 0.864. The third-order valence-electron chi connectivity index (χ3n) is 4.60. The van der Waals surface area contributed by atoms with Crippen molar-refractivity contribution in [3.05, 3.63) is 35.9 Å². The van der Waals surface area contributed by atoms with E-state index < -0.39 is 0 Å². The molecule has 1 aliphatic rings. The lowest BCUT2D eigenvalue weighted by Crippen LogP contribution is -2.10. The number of carbonyl (C=O) groups excluding carboxylic acids is 1. The third kappa shape index (κ3) is 7.00. The van der Waals surface area contributed by atoms with E-state index in [-0.39, 0.29) is 5.78 Å². The number of carbonyl (C=O) groups is 1. The van der Waals surface area contributed by atoms with Crippen molar-refractivity contribution < 1.29 is 4.79 Å². The molecule has 0 N–H and O–H groups in total. The van der Waals surface area contributed by atoms with E-state index in [0.29, 0.717) is 11.0 Å². The summed E-state index contributed by atoms with van der Waals surface area (Å²) in [5, 5.41) is 0.687. The summed E-state index contributed by atoms with van der Waals surface area (Å²) in [5.74, 6) is 0.936. The molecule has 1 aromatic rings. The summed E-state index contributed by atoms with van der Waals surface area (Å²) in [6.45, 7) is 0. The number of hydrogen-bond donors (Lipinski definition) is 0. The Bertz CT molecular complexity index is 403. The van der Waals surface area contributed by atoms with Gasteiger partial charge in [0.05, 0.1) is 5.75 Å². The lowest BCUT2D eigenvalue weighted by Gasteiger charge is -2.17. The van der Waals surface area contributed by atoms with E-state index in [9.17, 15) is 4.79 Å². The maximum absolute atomic E-state index is 12.2. The van der Waals surface area contributed by atoms with E-state index in [4.69, 9.17) is 0 Å². The molecule has 2 heteroatoms. The molecule has 2 rings (SSSR count). The number of thioether (sulfide) groups is 1. The molecule has 0 atom stereocenters. The van der Waals surface area contributed by atoms with Crippen LogP contribution in [0.2, 0.25) is 0 Å². The highest BCUT2D eigenvalue weighted by Crippen LogP contribution is 2.26. The molecule has 1 nitrogen and oxygen atoms in total. The molecule has 1 fully saturated rings. The molecule has 0 saturated heterocycles. The van der Waals surface area contributed by atoms with Gasteiger partial charge in [0.1, 0.15) is 0 Å². The molecule has 0 unspecified atom stereocenters. The van der Waals surface area contributed by atoms with Crippen LogP contribution in [-0.4, -0.2) is 16.8 Å². The van der Waals surface area contributed by atoms with Gasteiger partial charge in [-0.15, -0.1) is 0 Å². The van der Waals surface area contributed by atoms with Gasteiger partial charge < -0.3 is 0 Å². The van der Waals surface area contributed by atoms with Crippen molar-refractivity contribution in [2.75, 3.05) is 5.75 Å². The Morgan fingerprint density at radius 2 is 1.32 bits per heavy atom. The second-order valence-corrected chi connectivity index (χ2v) is 7.77. The van der Waals surface area contributed by atoms with Crippen LogP contribution in [0.25, 0.3) is 0 Å². The number of Topliss-reactive ketones (excluding diaryl/α,β-unsaturated/α-hetero) is 1. The SMILES string of the molecule is O=C(CSC1CCCCCCCCCCC1)c1ccccc1. The first-order valence-electron chi connectivity index (χ1n) is 9.06. The molecule has 0 spiro atoms. The van der Waals surface area contributed by atoms with Crippen LogP contribution in [0.3, 0.4) is 0 Å². The Hall–Kier alpha value is -0.760. The lowest BCUT2D eigenvalue weighted by atomic mass is 10.0. The quantitative estimate of drug-likeness (QED) is 0.608. The van der Waals surface area contributed by atoms with E-state index >= 15 is 0 Å². The summed E-state index contributed by atoms with van der Waals surface area (Å²) >= 11 is 1.90. The minimum atomic E-state index is 0.289. The van der Waals surface area contributed by atoms with Crippen molar-refractivity contribution in [3.63, 3.8) is 0 Å². The molecule has 22 heavy (non-hydrogen) atoms. The van der Waals surface area contributed by atoms with Gasteiger partial charge >= 0.3 is 0 Å². The first-order chi connectivity index (χ1) is 10.9. The number of benzene rings is 1. The molecule has 1 aromatic carbocycles. The van der Waals surface area contributed by atoms with Crippen LogP contribution in [0, 0.1) is 0 Å². The standard InChI is InChI=1S/C20H30OS/c21-20(18-13-9-8-10-14-18)17-22-19-15-11-6-4-2-1-3-5-7-12-16-19/h8-10,13-14,19H,1-7,11-12,15-17H2. The van der Waals surface area contributed by atoms with Gasteiger partial charge in [0.25, 0.3) is 0 Å².